The molecule has 7 nitrogen and oxygen atoms in total. The number of halogens is 6. The highest BCUT2D eigenvalue weighted by atomic mass is 32.2. The molecule has 14 heteroatoms. The minimum atomic E-state index is -4.89. The quantitative estimate of drug-likeness (QED) is 0.336. The third-order valence-electron chi connectivity index (χ3n) is 8.27. The van der Waals surface area contributed by atoms with E-state index in [-0.39, 0.29) is 13.0 Å². The third kappa shape index (κ3) is 8.03. The number of fused-ring (bicyclic) bond motifs is 1. The summed E-state index contributed by atoms with van der Waals surface area (Å²) in [6.07, 6.45) is -5.90. The number of nitrogens with zero attached hydrogens (tertiary/aromatic N) is 4. The van der Waals surface area contributed by atoms with Crippen LogP contribution in [0.4, 0.5) is 26.3 Å². The van der Waals surface area contributed by atoms with Crippen molar-refractivity contribution in [3.63, 3.8) is 0 Å². The fourth-order valence-corrected chi connectivity index (χ4v) is 6.51. The Morgan fingerprint density at radius 3 is 2.24 bits per heavy atom. The molecule has 1 fully saturated rings. The summed E-state index contributed by atoms with van der Waals surface area (Å²) in [5.74, 6) is -0.775. The second kappa shape index (κ2) is 12.7. The maximum Gasteiger partial charge on any atom is 0.416 e. The highest BCUT2D eigenvalue weighted by molar-refractivity contribution is 7.90. The summed E-state index contributed by atoms with van der Waals surface area (Å²) in [7, 11) is -4.08. The summed E-state index contributed by atoms with van der Waals surface area (Å²) in [6.45, 7) is 3.82. The van der Waals surface area contributed by atoms with E-state index in [2.05, 4.69) is 14.8 Å². The fraction of sp³-hybridized carbons (Fsp3) is 0.419. The smallest absolute Gasteiger partial charge is 0.333 e. The average Bonchev–Trinajstić information content (AvgIpc) is 2.98. The molecule has 1 aromatic heterocycles. The molecule has 0 spiro atoms. The molecule has 3 aromatic rings. The number of amides is 1. The molecule has 2 aliphatic heterocycles. The first-order valence-electron chi connectivity index (χ1n) is 14.3. The summed E-state index contributed by atoms with van der Waals surface area (Å²) >= 11 is 0. The van der Waals surface area contributed by atoms with Crippen LogP contribution in [0.3, 0.4) is 0 Å². The monoisotopic (exact) mass is 654 g/mol. The lowest BCUT2D eigenvalue weighted by Crippen LogP contribution is -2.57. The Morgan fingerprint density at radius 1 is 0.889 bits per heavy atom. The van der Waals surface area contributed by atoms with Gasteiger partial charge in [0.2, 0.25) is 0 Å². The van der Waals surface area contributed by atoms with E-state index in [1.54, 1.807) is 6.20 Å². The van der Waals surface area contributed by atoms with Crippen LogP contribution in [-0.4, -0.2) is 85.6 Å². The van der Waals surface area contributed by atoms with Crippen molar-refractivity contribution in [3.05, 3.63) is 94.3 Å². The van der Waals surface area contributed by atoms with Gasteiger partial charge in [-0.15, -0.1) is 0 Å². The highest BCUT2D eigenvalue weighted by Gasteiger charge is 2.36. The van der Waals surface area contributed by atoms with Gasteiger partial charge >= 0.3 is 12.4 Å². The fourth-order valence-electron chi connectivity index (χ4n) is 5.83. The molecule has 1 atom stereocenters. The number of hydrogen-bond donors (Lipinski definition) is 0. The zero-order valence-electron chi connectivity index (χ0n) is 24.4. The molecule has 2 aromatic carbocycles. The molecule has 5 rings (SSSR count). The number of alkyl halides is 6. The molecule has 3 heterocycles. The van der Waals surface area contributed by atoms with Gasteiger partial charge in [0.25, 0.3) is 5.91 Å². The molecule has 0 saturated carbocycles. The molecule has 0 N–H and O–H groups in total. The number of rotatable bonds is 7. The van der Waals surface area contributed by atoms with Gasteiger partial charge in [-0.2, -0.15) is 26.3 Å². The Hall–Kier alpha value is -3.49. The third-order valence-corrected chi connectivity index (χ3v) is 9.36. The maximum atomic E-state index is 13.8. The summed E-state index contributed by atoms with van der Waals surface area (Å²) in [6, 6.07) is 10.00. The summed E-state index contributed by atoms with van der Waals surface area (Å²) in [4.78, 5) is 23.4. The number of carbonyl (C=O) groups is 1. The Labute approximate surface area is 257 Å². The standard InChI is InChI=1S/C31H32F6N4O3S/c1-45(43,44)27-17-23(16-25(18-27)31(35,36)37)29(42)41-14-13-40(12-11-39-10-8-28-22(19-39)3-2-9-38-28)20-26(41)15-21-4-6-24(7-5-21)30(32,33)34/h2-7,9,16-18,26H,8,10-15,19-20H2,1H3/t26-/m1/s1. The topological polar surface area (TPSA) is 73.8 Å². The van der Waals surface area contributed by atoms with Crippen molar-refractivity contribution in [1.82, 2.24) is 19.7 Å². The van der Waals surface area contributed by atoms with E-state index in [1.165, 1.54) is 17.0 Å². The van der Waals surface area contributed by atoms with Crippen LogP contribution in [0.25, 0.3) is 0 Å². The molecule has 1 amide bonds. The first-order chi connectivity index (χ1) is 21.1. The predicted octanol–water partition coefficient (Wildman–Crippen LogP) is 4.95. The first-order valence-corrected chi connectivity index (χ1v) is 16.2. The Balaban J connectivity index is 1.37. The molecule has 242 valence electrons. The average molecular weight is 655 g/mol. The van der Waals surface area contributed by atoms with E-state index in [0.717, 1.165) is 61.8 Å². The van der Waals surface area contributed by atoms with E-state index in [0.29, 0.717) is 37.3 Å². The molecule has 2 aliphatic rings. The minimum absolute atomic E-state index is 0.140. The molecular weight excluding hydrogens is 622 g/mol. The van der Waals surface area contributed by atoms with E-state index >= 15 is 0 Å². The van der Waals surface area contributed by atoms with Crippen molar-refractivity contribution >= 4 is 15.7 Å². The zero-order valence-corrected chi connectivity index (χ0v) is 25.2. The second-order valence-corrected chi connectivity index (χ2v) is 13.5. The van der Waals surface area contributed by atoms with Crippen molar-refractivity contribution in [2.75, 3.05) is 45.5 Å². The van der Waals surface area contributed by atoms with Gasteiger partial charge in [0.05, 0.1) is 16.0 Å². The van der Waals surface area contributed by atoms with Crippen molar-refractivity contribution in [2.24, 2.45) is 0 Å². The number of sulfone groups is 1. The predicted molar refractivity (Wildman–Crippen MR) is 154 cm³/mol. The van der Waals surface area contributed by atoms with Gasteiger partial charge in [0.15, 0.2) is 9.84 Å². The molecule has 0 radical (unpaired) electrons. The van der Waals surface area contributed by atoms with Gasteiger partial charge in [-0.3, -0.25) is 19.6 Å². The van der Waals surface area contributed by atoms with Crippen LogP contribution in [-0.2, 0) is 41.6 Å². The number of carbonyl (C=O) groups excluding carboxylic acids is 1. The lowest BCUT2D eigenvalue weighted by atomic mass is 9.99. The Bertz CT molecular complexity index is 1640. The van der Waals surface area contributed by atoms with E-state index in [4.69, 9.17) is 0 Å². The Morgan fingerprint density at radius 2 is 1.58 bits per heavy atom. The van der Waals surface area contributed by atoms with E-state index < -0.39 is 55.7 Å². The lowest BCUT2D eigenvalue weighted by molar-refractivity contribution is -0.138. The normalized spacial score (nSPS) is 18.6. The van der Waals surface area contributed by atoms with Crippen molar-refractivity contribution in [2.45, 2.75) is 42.7 Å². The molecule has 0 bridgehead atoms. The Kier molecular flexibility index (Phi) is 9.30. The van der Waals surface area contributed by atoms with Gasteiger partial charge < -0.3 is 4.90 Å². The number of hydrogen-bond acceptors (Lipinski definition) is 6. The molecule has 45 heavy (non-hydrogen) atoms. The molecule has 0 aliphatic carbocycles. The summed E-state index contributed by atoms with van der Waals surface area (Å²) < 4.78 is 105. The largest absolute Gasteiger partial charge is 0.416 e. The van der Waals surface area contributed by atoms with Gasteiger partial charge in [-0.1, -0.05) is 18.2 Å². The lowest BCUT2D eigenvalue weighted by Gasteiger charge is -2.42. The van der Waals surface area contributed by atoms with Gasteiger partial charge in [-0.05, 0) is 53.9 Å². The molecule has 0 unspecified atom stereocenters. The van der Waals surface area contributed by atoms with Crippen molar-refractivity contribution in [3.8, 4) is 0 Å². The SMILES string of the molecule is CS(=O)(=O)c1cc(C(=O)N2CCN(CCN3CCc4ncccc4C3)C[C@H]2Cc2ccc(C(F)(F)F)cc2)cc(C(F)(F)F)c1. The highest BCUT2D eigenvalue weighted by Crippen LogP contribution is 2.33. The summed E-state index contributed by atoms with van der Waals surface area (Å²) in [5, 5.41) is 0. The van der Waals surface area contributed by atoms with Gasteiger partial charge in [0.1, 0.15) is 0 Å². The first kappa shape index (κ1) is 32.9. The van der Waals surface area contributed by atoms with Crippen LogP contribution >= 0.6 is 0 Å². The second-order valence-electron chi connectivity index (χ2n) is 11.5. The van der Waals surface area contributed by atoms with E-state index in [1.807, 2.05) is 12.1 Å². The van der Waals surface area contributed by atoms with Crippen LogP contribution in [0.5, 0.6) is 0 Å². The van der Waals surface area contributed by atoms with Gasteiger partial charge in [-0.25, -0.2) is 8.42 Å². The van der Waals surface area contributed by atoms with Crippen molar-refractivity contribution in [1.29, 1.82) is 0 Å². The van der Waals surface area contributed by atoms with E-state index in [9.17, 15) is 39.6 Å². The van der Waals surface area contributed by atoms with Crippen LogP contribution in [0, 0.1) is 0 Å². The molecule has 1 saturated heterocycles. The number of benzene rings is 2. The van der Waals surface area contributed by atoms with Crippen LogP contribution in [0.2, 0.25) is 0 Å². The molecular formula is C31H32F6N4O3S. The van der Waals surface area contributed by atoms with Crippen LogP contribution in [0.15, 0.2) is 65.7 Å². The van der Waals surface area contributed by atoms with Gasteiger partial charge in [0, 0.05) is 82.0 Å². The number of pyridine rings is 1. The maximum absolute atomic E-state index is 13.8. The van der Waals surface area contributed by atoms with Crippen molar-refractivity contribution < 1.29 is 39.6 Å². The van der Waals surface area contributed by atoms with Crippen LogP contribution < -0.4 is 0 Å². The summed E-state index contributed by atoms with van der Waals surface area (Å²) in [5.41, 5.74) is 0.260. The number of piperazine rings is 1. The number of aromatic nitrogens is 1. The zero-order chi connectivity index (χ0) is 32.6. The minimum Gasteiger partial charge on any atom is -0.333 e. The van der Waals surface area contributed by atoms with Crippen LogP contribution in [0.1, 0.15) is 38.3 Å².